The number of amides is 2. The predicted molar refractivity (Wildman–Crippen MR) is 153 cm³/mol. The molecule has 1 aliphatic carbocycles. The number of methoxy groups -OCH3 is 1. The summed E-state index contributed by atoms with van der Waals surface area (Å²) in [7, 11) is 1.56. The molecule has 0 bridgehead atoms. The Kier molecular flexibility index (Phi) is 6.99. The second-order valence-electron chi connectivity index (χ2n) is 9.87. The van der Waals surface area contributed by atoms with E-state index in [4.69, 9.17) is 14.0 Å². The van der Waals surface area contributed by atoms with Crippen molar-refractivity contribution in [1.82, 2.24) is 15.1 Å². The van der Waals surface area contributed by atoms with Gasteiger partial charge < -0.3 is 24.6 Å². The molecule has 2 heterocycles. The van der Waals surface area contributed by atoms with E-state index >= 15 is 0 Å². The Morgan fingerprint density at radius 1 is 0.952 bits per heavy atom. The molecule has 0 spiro atoms. The number of carbonyl (C=O) groups excluding carboxylic acids is 2. The van der Waals surface area contributed by atoms with E-state index in [2.05, 4.69) is 25.8 Å². The lowest BCUT2D eigenvalue weighted by atomic mass is 10.0. The summed E-state index contributed by atoms with van der Waals surface area (Å²) in [6.45, 7) is 1.94. The molecule has 0 radical (unpaired) electrons. The summed E-state index contributed by atoms with van der Waals surface area (Å²) in [5.74, 6) is 1.31. The molecule has 5 aromatic rings. The van der Waals surface area contributed by atoms with Gasteiger partial charge in [0.15, 0.2) is 5.82 Å². The Labute approximate surface area is 239 Å². The molecular weight excluding hydrogens is 541 g/mol. The van der Waals surface area contributed by atoms with Crippen LogP contribution in [0.1, 0.15) is 25.6 Å². The fourth-order valence-corrected chi connectivity index (χ4v) is 4.53. The lowest BCUT2D eigenvalue weighted by molar-refractivity contribution is -0.131. The topological polar surface area (TPSA) is 128 Å². The van der Waals surface area contributed by atoms with Crippen molar-refractivity contribution in [2.24, 2.45) is 5.41 Å². The third kappa shape index (κ3) is 5.24. The largest absolute Gasteiger partial charge is 0.496 e. The molecule has 212 valence electrons. The van der Waals surface area contributed by atoms with Gasteiger partial charge in [0.05, 0.1) is 18.2 Å². The van der Waals surface area contributed by atoms with Crippen LogP contribution in [0.2, 0.25) is 0 Å². The number of nitrogens with zero attached hydrogens (tertiary/aromatic N) is 3. The third-order valence-electron chi connectivity index (χ3n) is 7.10. The Morgan fingerprint density at radius 3 is 2.21 bits per heavy atom. The molecule has 0 aliphatic heterocycles. The summed E-state index contributed by atoms with van der Waals surface area (Å²) in [6.07, 6.45) is 3.13. The lowest BCUT2D eigenvalue weighted by Crippen LogP contribution is -2.35. The molecule has 0 saturated heterocycles. The van der Waals surface area contributed by atoms with Gasteiger partial charge in [-0.15, -0.1) is 0 Å². The number of anilines is 2. The van der Waals surface area contributed by atoms with Crippen molar-refractivity contribution in [3.05, 3.63) is 84.6 Å². The molecule has 2 N–H and O–H groups in total. The molecule has 3 aromatic carbocycles. The van der Waals surface area contributed by atoms with Gasteiger partial charge in [-0.25, -0.2) is 4.39 Å². The van der Waals surface area contributed by atoms with Crippen molar-refractivity contribution in [2.45, 2.75) is 26.2 Å². The molecule has 6 rings (SSSR count). The standard InChI is InChI=1S/C31H26FN5O5/c1-3-27-36-28(42-37-27)23-16-22-24(17-26(23)40-2)33-15-12-25(22)41-21-10-8-20(9-11-21)35-30(39)31(13-14-31)29(38)34-19-6-4-18(32)5-7-19/h4-12,15-17H,3,13-14H2,1-2H3,(H,34,38)(H,35,39). The first-order valence-electron chi connectivity index (χ1n) is 13.3. The number of pyridine rings is 1. The minimum Gasteiger partial charge on any atom is -0.496 e. The molecule has 1 aliphatic rings. The van der Waals surface area contributed by atoms with Crippen LogP contribution in [0, 0.1) is 11.2 Å². The first-order valence-corrected chi connectivity index (χ1v) is 13.3. The van der Waals surface area contributed by atoms with Gasteiger partial charge in [0.1, 0.15) is 28.5 Å². The average molecular weight is 568 g/mol. The fourth-order valence-electron chi connectivity index (χ4n) is 4.53. The average Bonchev–Trinajstić information content (AvgIpc) is 3.69. The van der Waals surface area contributed by atoms with Gasteiger partial charge in [0, 0.05) is 35.4 Å². The highest BCUT2D eigenvalue weighted by molar-refractivity contribution is 6.16. The van der Waals surface area contributed by atoms with Crippen molar-refractivity contribution in [3.8, 4) is 28.7 Å². The Hall–Kier alpha value is -5.32. The number of rotatable bonds is 9. The van der Waals surface area contributed by atoms with Crippen molar-refractivity contribution in [1.29, 1.82) is 0 Å². The molecule has 0 atom stereocenters. The van der Waals surface area contributed by atoms with Gasteiger partial charge in [-0.1, -0.05) is 12.1 Å². The van der Waals surface area contributed by atoms with E-state index in [9.17, 15) is 14.0 Å². The highest BCUT2D eigenvalue weighted by Crippen LogP contribution is 2.47. The summed E-state index contributed by atoms with van der Waals surface area (Å²) < 4.78 is 30.4. The highest BCUT2D eigenvalue weighted by atomic mass is 19.1. The van der Waals surface area contributed by atoms with E-state index in [1.54, 1.807) is 49.7 Å². The molecule has 2 amide bonds. The van der Waals surface area contributed by atoms with Gasteiger partial charge in [0.2, 0.25) is 11.8 Å². The maximum Gasteiger partial charge on any atom is 0.261 e. The molecule has 0 unspecified atom stereocenters. The van der Waals surface area contributed by atoms with E-state index in [1.165, 1.54) is 24.3 Å². The molecule has 10 nitrogen and oxygen atoms in total. The molecule has 1 saturated carbocycles. The van der Waals surface area contributed by atoms with Crippen LogP contribution < -0.4 is 20.1 Å². The number of aryl methyl sites for hydroxylation is 1. The summed E-state index contributed by atoms with van der Waals surface area (Å²) in [4.78, 5) is 34.7. The number of ether oxygens (including phenoxy) is 2. The van der Waals surface area contributed by atoms with Crippen LogP contribution >= 0.6 is 0 Å². The van der Waals surface area contributed by atoms with E-state index in [0.717, 1.165) is 0 Å². The highest BCUT2D eigenvalue weighted by Gasteiger charge is 2.56. The van der Waals surface area contributed by atoms with Crippen LogP contribution in [0.4, 0.5) is 15.8 Å². The van der Waals surface area contributed by atoms with E-state index in [1.807, 2.05) is 13.0 Å². The zero-order chi connectivity index (χ0) is 29.3. The van der Waals surface area contributed by atoms with Gasteiger partial charge >= 0.3 is 0 Å². The van der Waals surface area contributed by atoms with Crippen molar-refractivity contribution < 1.29 is 28.0 Å². The molecular formula is C31H26FN5O5. The number of aromatic nitrogens is 3. The zero-order valence-electron chi connectivity index (χ0n) is 22.8. The lowest BCUT2D eigenvalue weighted by Gasteiger charge is -2.16. The molecule has 11 heteroatoms. The maximum absolute atomic E-state index is 13.2. The first-order chi connectivity index (χ1) is 20.4. The minimum absolute atomic E-state index is 0.334. The second-order valence-corrected chi connectivity index (χ2v) is 9.87. The Morgan fingerprint density at radius 2 is 1.62 bits per heavy atom. The van der Waals surface area contributed by atoms with Gasteiger partial charge in [-0.3, -0.25) is 14.6 Å². The SMILES string of the molecule is CCc1noc(-c2cc3c(Oc4ccc(NC(=O)C5(C(=O)Nc6ccc(F)cc6)CC5)cc4)ccnc3cc2OC)n1. The Balaban J connectivity index is 1.17. The third-order valence-corrected chi connectivity index (χ3v) is 7.10. The van der Waals surface area contributed by atoms with E-state index < -0.39 is 23.0 Å². The van der Waals surface area contributed by atoms with Gasteiger partial charge in [0.25, 0.3) is 5.89 Å². The fraction of sp³-hybridized carbons (Fsp3) is 0.194. The normalized spacial score (nSPS) is 13.4. The summed E-state index contributed by atoms with van der Waals surface area (Å²) in [5.41, 5.74) is 1.06. The van der Waals surface area contributed by atoms with Crippen LogP contribution in [0.15, 0.2) is 77.4 Å². The van der Waals surface area contributed by atoms with E-state index in [0.29, 0.717) is 76.1 Å². The number of halogens is 1. The van der Waals surface area contributed by atoms with Crippen LogP contribution in [-0.4, -0.2) is 34.0 Å². The number of hydrogen-bond donors (Lipinski definition) is 2. The van der Waals surface area contributed by atoms with Crippen molar-refractivity contribution in [3.63, 3.8) is 0 Å². The van der Waals surface area contributed by atoms with Gasteiger partial charge in [-0.2, -0.15) is 4.98 Å². The smallest absolute Gasteiger partial charge is 0.261 e. The number of nitrogens with one attached hydrogen (secondary N) is 2. The van der Waals surface area contributed by atoms with E-state index in [-0.39, 0.29) is 0 Å². The maximum atomic E-state index is 13.2. The number of benzene rings is 3. The quantitative estimate of drug-likeness (QED) is 0.203. The molecule has 1 fully saturated rings. The number of hydrogen-bond acceptors (Lipinski definition) is 8. The molecule has 2 aromatic heterocycles. The van der Waals surface area contributed by atoms with Gasteiger partial charge in [-0.05, 0) is 73.5 Å². The predicted octanol–water partition coefficient (Wildman–Crippen LogP) is 6.14. The summed E-state index contributed by atoms with van der Waals surface area (Å²) >= 11 is 0. The zero-order valence-corrected chi connectivity index (χ0v) is 22.8. The Bertz CT molecular complexity index is 1780. The minimum atomic E-state index is -1.16. The van der Waals surface area contributed by atoms with Crippen molar-refractivity contribution in [2.75, 3.05) is 17.7 Å². The van der Waals surface area contributed by atoms with Crippen LogP contribution in [0.25, 0.3) is 22.4 Å². The van der Waals surface area contributed by atoms with Crippen LogP contribution in [0.3, 0.4) is 0 Å². The summed E-state index contributed by atoms with van der Waals surface area (Å²) in [6, 6.07) is 17.6. The van der Waals surface area contributed by atoms with Crippen molar-refractivity contribution >= 4 is 34.1 Å². The number of fused-ring (bicyclic) bond motifs is 1. The van der Waals surface area contributed by atoms with Crippen LogP contribution in [0.5, 0.6) is 17.2 Å². The monoisotopic (exact) mass is 567 g/mol. The van der Waals surface area contributed by atoms with Crippen LogP contribution in [-0.2, 0) is 16.0 Å². The first kappa shape index (κ1) is 26.9. The molecule has 42 heavy (non-hydrogen) atoms. The summed E-state index contributed by atoms with van der Waals surface area (Å²) in [5, 5.41) is 10.2. The second kappa shape index (κ2) is 10.9. The number of carbonyl (C=O) groups is 2.